The monoisotopic (exact) mass is 246 g/mol. The predicted molar refractivity (Wildman–Crippen MR) is 67.6 cm³/mol. The fraction of sp³-hybridized carbons (Fsp3) is 0.909. The minimum atomic E-state index is -0.382. The van der Waals surface area contributed by atoms with Crippen molar-refractivity contribution < 1.29 is 9.53 Å². The number of thioether (sulfide) groups is 1. The molecule has 0 saturated carbocycles. The zero-order valence-electron chi connectivity index (χ0n) is 10.1. The van der Waals surface area contributed by atoms with Crippen LogP contribution in [0.25, 0.3) is 0 Å². The molecule has 1 heterocycles. The van der Waals surface area contributed by atoms with Gasteiger partial charge in [0.15, 0.2) is 0 Å². The molecule has 1 rings (SSSR count). The van der Waals surface area contributed by atoms with E-state index in [4.69, 9.17) is 10.5 Å². The van der Waals surface area contributed by atoms with Gasteiger partial charge in [0.25, 0.3) is 0 Å². The Morgan fingerprint density at radius 1 is 1.56 bits per heavy atom. The molecular formula is C11H22N2O2S. The van der Waals surface area contributed by atoms with Crippen molar-refractivity contribution in [3.63, 3.8) is 0 Å². The van der Waals surface area contributed by atoms with Crippen molar-refractivity contribution in [3.8, 4) is 0 Å². The molecule has 1 aliphatic rings. The van der Waals surface area contributed by atoms with Crippen LogP contribution < -0.4 is 11.1 Å². The van der Waals surface area contributed by atoms with E-state index in [1.165, 1.54) is 0 Å². The van der Waals surface area contributed by atoms with Crippen LogP contribution in [-0.4, -0.2) is 42.7 Å². The third kappa shape index (κ3) is 4.31. The van der Waals surface area contributed by atoms with Gasteiger partial charge in [-0.25, -0.2) is 0 Å². The molecule has 0 aromatic carbocycles. The predicted octanol–water partition coefficient (Wildman–Crippen LogP) is 0.752. The molecule has 1 fully saturated rings. The Morgan fingerprint density at radius 2 is 2.19 bits per heavy atom. The van der Waals surface area contributed by atoms with Gasteiger partial charge in [0, 0.05) is 18.8 Å². The smallest absolute Gasteiger partial charge is 0.237 e. The van der Waals surface area contributed by atoms with Crippen molar-refractivity contribution in [3.05, 3.63) is 0 Å². The van der Waals surface area contributed by atoms with Crippen LogP contribution in [0, 0.1) is 0 Å². The number of hydrogen-bond acceptors (Lipinski definition) is 4. The number of rotatable bonds is 5. The van der Waals surface area contributed by atoms with Crippen molar-refractivity contribution in [2.45, 2.75) is 37.8 Å². The van der Waals surface area contributed by atoms with Crippen molar-refractivity contribution >= 4 is 17.7 Å². The molecule has 5 heteroatoms. The highest BCUT2D eigenvalue weighted by molar-refractivity contribution is 7.98. The van der Waals surface area contributed by atoms with E-state index < -0.39 is 0 Å². The topological polar surface area (TPSA) is 64.4 Å². The third-order valence-corrected chi connectivity index (χ3v) is 3.64. The number of hydrogen-bond donors (Lipinski definition) is 2. The van der Waals surface area contributed by atoms with Crippen LogP contribution >= 0.6 is 11.8 Å². The highest BCUT2D eigenvalue weighted by Crippen LogP contribution is 2.19. The Bertz CT molecular complexity index is 230. The molecule has 1 aliphatic heterocycles. The van der Waals surface area contributed by atoms with Gasteiger partial charge in [-0.05, 0) is 38.2 Å². The van der Waals surface area contributed by atoms with E-state index in [1.54, 1.807) is 11.8 Å². The van der Waals surface area contributed by atoms with Gasteiger partial charge in [-0.3, -0.25) is 4.79 Å². The Kier molecular flexibility index (Phi) is 5.58. The molecule has 0 aromatic heterocycles. The van der Waals surface area contributed by atoms with Gasteiger partial charge >= 0.3 is 0 Å². The minimum Gasteiger partial charge on any atom is -0.381 e. The summed E-state index contributed by atoms with van der Waals surface area (Å²) in [6.07, 6.45) is 4.49. The Morgan fingerprint density at radius 3 is 2.75 bits per heavy atom. The third-order valence-electron chi connectivity index (χ3n) is 2.99. The van der Waals surface area contributed by atoms with Gasteiger partial charge in [0.2, 0.25) is 5.91 Å². The number of ether oxygens (including phenoxy) is 1. The molecule has 0 spiro atoms. The first-order valence-electron chi connectivity index (χ1n) is 5.72. The molecule has 3 N–H and O–H groups in total. The second kappa shape index (κ2) is 6.47. The standard InChI is InChI=1S/C11H22N2O2S/c1-11(4-6-15-7-5-11)13-10(14)9(12)3-8-16-2/h9H,3-8,12H2,1-2H3,(H,13,14)/t9-/m1/s1. The van der Waals surface area contributed by atoms with Gasteiger partial charge < -0.3 is 15.8 Å². The van der Waals surface area contributed by atoms with E-state index in [1.807, 2.05) is 6.26 Å². The molecule has 0 aliphatic carbocycles. The minimum absolute atomic E-state index is 0.0292. The van der Waals surface area contributed by atoms with Crippen LogP contribution in [0.15, 0.2) is 0 Å². The van der Waals surface area contributed by atoms with Crippen molar-refractivity contribution in [1.29, 1.82) is 0 Å². The van der Waals surface area contributed by atoms with Crippen molar-refractivity contribution in [1.82, 2.24) is 5.32 Å². The van der Waals surface area contributed by atoms with Crippen LogP contribution in [0.1, 0.15) is 26.2 Å². The SMILES string of the molecule is CSCC[C@@H](N)C(=O)NC1(C)CCOCC1. The molecule has 4 nitrogen and oxygen atoms in total. The highest BCUT2D eigenvalue weighted by Gasteiger charge is 2.30. The fourth-order valence-electron chi connectivity index (χ4n) is 1.71. The molecule has 1 saturated heterocycles. The summed E-state index contributed by atoms with van der Waals surface area (Å²) in [5.74, 6) is 0.896. The summed E-state index contributed by atoms with van der Waals surface area (Å²) in [6.45, 7) is 3.50. The largest absolute Gasteiger partial charge is 0.381 e. The first-order valence-corrected chi connectivity index (χ1v) is 7.11. The van der Waals surface area contributed by atoms with Crippen LogP contribution in [0.3, 0.4) is 0 Å². The lowest BCUT2D eigenvalue weighted by Crippen LogP contribution is -2.54. The quantitative estimate of drug-likeness (QED) is 0.751. The Hall–Kier alpha value is -0.260. The second-order valence-electron chi connectivity index (χ2n) is 4.55. The number of amides is 1. The molecular weight excluding hydrogens is 224 g/mol. The molecule has 94 valence electrons. The van der Waals surface area contributed by atoms with Crippen molar-refractivity contribution in [2.24, 2.45) is 5.73 Å². The average molecular weight is 246 g/mol. The summed E-state index contributed by atoms with van der Waals surface area (Å²) >= 11 is 1.71. The van der Waals surface area contributed by atoms with Crippen LogP contribution in [0.4, 0.5) is 0 Å². The lowest BCUT2D eigenvalue weighted by Gasteiger charge is -2.35. The number of nitrogens with two attached hydrogens (primary N) is 1. The summed E-state index contributed by atoms with van der Waals surface area (Å²) in [6, 6.07) is -0.382. The maximum absolute atomic E-state index is 11.8. The maximum atomic E-state index is 11.8. The molecule has 1 amide bonds. The summed E-state index contributed by atoms with van der Waals surface area (Å²) < 4.78 is 5.29. The normalized spacial score (nSPS) is 21.4. The lowest BCUT2D eigenvalue weighted by atomic mass is 9.92. The van der Waals surface area contributed by atoms with Gasteiger partial charge in [-0.15, -0.1) is 0 Å². The first kappa shape index (κ1) is 13.8. The molecule has 0 aromatic rings. The van der Waals surface area contributed by atoms with Gasteiger partial charge in [0.1, 0.15) is 0 Å². The van der Waals surface area contributed by atoms with Crippen LogP contribution in [0.5, 0.6) is 0 Å². The Balaban J connectivity index is 2.36. The van der Waals surface area contributed by atoms with Crippen LogP contribution in [0.2, 0.25) is 0 Å². The second-order valence-corrected chi connectivity index (χ2v) is 5.54. The fourth-order valence-corrected chi connectivity index (χ4v) is 2.20. The van der Waals surface area contributed by atoms with E-state index in [9.17, 15) is 4.79 Å². The van der Waals surface area contributed by atoms with Crippen molar-refractivity contribution in [2.75, 3.05) is 25.2 Å². The van der Waals surface area contributed by atoms with Gasteiger partial charge in [-0.1, -0.05) is 0 Å². The zero-order valence-corrected chi connectivity index (χ0v) is 10.9. The molecule has 0 bridgehead atoms. The van der Waals surface area contributed by atoms with Crippen LogP contribution in [-0.2, 0) is 9.53 Å². The summed E-state index contributed by atoms with van der Waals surface area (Å²) in [5, 5.41) is 3.05. The maximum Gasteiger partial charge on any atom is 0.237 e. The Labute approximate surface area is 102 Å². The number of carbonyl (C=O) groups is 1. The van der Waals surface area contributed by atoms with E-state index >= 15 is 0 Å². The molecule has 0 radical (unpaired) electrons. The number of nitrogens with one attached hydrogen (secondary N) is 1. The number of carbonyl (C=O) groups excluding carboxylic acids is 1. The highest BCUT2D eigenvalue weighted by atomic mass is 32.2. The summed E-state index contributed by atoms with van der Waals surface area (Å²) in [7, 11) is 0. The molecule has 0 unspecified atom stereocenters. The summed E-state index contributed by atoms with van der Waals surface area (Å²) in [4.78, 5) is 11.8. The van der Waals surface area contributed by atoms with Gasteiger partial charge in [-0.2, -0.15) is 11.8 Å². The zero-order chi connectivity index (χ0) is 12.0. The van der Waals surface area contributed by atoms with E-state index in [-0.39, 0.29) is 17.5 Å². The van der Waals surface area contributed by atoms with E-state index in [0.717, 1.165) is 38.2 Å². The molecule has 1 atom stereocenters. The van der Waals surface area contributed by atoms with Gasteiger partial charge in [0.05, 0.1) is 6.04 Å². The average Bonchev–Trinajstić information content (AvgIpc) is 2.26. The lowest BCUT2D eigenvalue weighted by molar-refractivity contribution is -0.125. The van der Waals surface area contributed by atoms with E-state index in [2.05, 4.69) is 12.2 Å². The molecule has 16 heavy (non-hydrogen) atoms. The first-order chi connectivity index (χ1) is 7.57. The van der Waals surface area contributed by atoms with E-state index in [0.29, 0.717) is 0 Å². The summed E-state index contributed by atoms with van der Waals surface area (Å²) in [5.41, 5.74) is 5.69.